The summed E-state index contributed by atoms with van der Waals surface area (Å²) in [7, 11) is 1.87. The highest BCUT2D eigenvalue weighted by Gasteiger charge is 2.11. The van der Waals surface area contributed by atoms with Gasteiger partial charge in [-0.3, -0.25) is 14.2 Å². The lowest BCUT2D eigenvalue weighted by atomic mass is 10.1. The number of hydrogen-bond donors (Lipinski definition) is 1. The summed E-state index contributed by atoms with van der Waals surface area (Å²) in [6.07, 6.45) is 1.92. The van der Waals surface area contributed by atoms with Crippen molar-refractivity contribution in [2.24, 2.45) is 7.05 Å². The van der Waals surface area contributed by atoms with Gasteiger partial charge in [-0.15, -0.1) is 0 Å². The number of nitrogens with one attached hydrogen (secondary N) is 1. The zero-order chi connectivity index (χ0) is 18.8. The first-order chi connectivity index (χ1) is 12.3. The van der Waals surface area contributed by atoms with Crippen LogP contribution in [0.25, 0.3) is 0 Å². The molecule has 2 heterocycles. The van der Waals surface area contributed by atoms with E-state index >= 15 is 0 Å². The average molecular weight is 416 g/mol. The summed E-state index contributed by atoms with van der Waals surface area (Å²) in [5.74, 6) is -0.0929. The Morgan fingerprint density at radius 3 is 2.58 bits per heavy atom. The van der Waals surface area contributed by atoms with E-state index in [1.54, 1.807) is 4.68 Å². The first-order valence-corrected chi connectivity index (χ1v) is 9.20. The lowest BCUT2D eigenvalue weighted by molar-refractivity contribution is 0.0950. The molecular weight excluding hydrogens is 394 g/mol. The fraction of sp³-hybridized carbons (Fsp3) is 0.316. The first-order valence-electron chi connectivity index (χ1n) is 8.41. The van der Waals surface area contributed by atoms with Crippen molar-refractivity contribution in [3.05, 3.63) is 68.7 Å². The number of halogens is 1. The minimum atomic E-state index is -0.0929. The molecule has 0 aliphatic heterocycles. The molecule has 1 N–H and O–H groups in total. The summed E-state index contributed by atoms with van der Waals surface area (Å²) in [4.78, 5) is 12.5. The van der Waals surface area contributed by atoms with Crippen LogP contribution in [-0.2, 0) is 20.1 Å². The Morgan fingerprint density at radius 1 is 1.19 bits per heavy atom. The van der Waals surface area contributed by atoms with Crippen LogP contribution in [0.15, 0.2) is 34.9 Å². The van der Waals surface area contributed by atoms with Crippen molar-refractivity contribution in [1.82, 2.24) is 24.9 Å². The summed E-state index contributed by atoms with van der Waals surface area (Å²) in [6.45, 7) is 7.03. The van der Waals surface area contributed by atoms with Crippen molar-refractivity contribution >= 4 is 21.8 Å². The number of nitrogens with zero attached hydrogens (tertiary/aromatic N) is 4. The second kappa shape index (κ2) is 7.45. The van der Waals surface area contributed by atoms with Gasteiger partial charge in [0.25, 0.3) is 5.91 Å². The van der Waals surface area contributed by atoms with Crippen molar-refractivity contribution in [1.29, 1.82) is 0 Å². The van der Waals surface area contributed by atoms with Gasteiger partial charge in [-0.1, -0.05) is 12.1 Å². The van der Waals surface area contributed by atoms with Crippen molar-refractivity contribution in [2.75, 3.05) is 0 Å². The topological polar surface area (TPSA) is 64.7 Å². The number of aromatic nitrogens is 4. The van der Waals surface area contributed by atoms with Gasteiger partial charge in [0.15, 0.2) is 0 Å². The average Bonchev–Trinajstić information content (AvgIpc) is 3.06. The van der Waals surface area contributed by atoms with Crippen LogP contribution in [0.2, 0.25) is 0 Å². The van der Waals surface area contributed by atoms with Crippen LogP contribution in [0.3, 0.4) is 0 Å². The van der Waals surface area contributed by atoms with E-state index < -0.39 is 0 Å². The molecule has 0 fully saturated rings. The zero-order valence-electron chi connectivity index (χ0n) is 15.4. The Kier molecular flexibility index (Phi) is 5.27. The van der Waals surface area contributed by atoms with E-state index in [-0.39, 0.29) is 5.91 Å². The highest BCUT2D eigenvalue weighted by molar-refractivity contribution is 9.10. The Balaban J connectivity index is 1.71. The third-order valence-corrected chi connectivity index (χ3v) is 5.52. The molecule has 0 saturated heterocycles. The lowest BCUT2D eigenvalue weighted by Gasteiger charge is -2.08. The Labute approximate surface area is 161 Å². The monoisotopic (exact) mass is 415 g/mol. The number of benzene rings is 1. The van der Waals surface area contributed by atoms with E-state index in [1.165, 1.54) is 0 Å². The largest absolute Gasteiger partial charge is 0.348 e. The molecule has 0 atom stereocenters. The quantitative estimate of drug-likeness (QED) is 0.695. The number of rotatable bonds is 5. The van der Waals surface area contributed by atoms with Gasteiger partial charge in [0.05, 0.1) is 28.1 Å². The summed E-state index contributed by atoms with van der Waals surface area (Å²) >= 11 is 3.55. The molecule has 136 valence electrons. The van der Waals surface area contributed by atoms with Crippen LogP contribution in [0, 0.1) is 20.8 Å². The molecule has 0 unspecified atom stereocenters. The van der Waals surface area contributed by atoms with Crippen LogP contribution in [-0.4, -0.2) is 25.5 Å². The van der Waals surface area contributed by atoms with Crippen LogP contribution in [0.5, 0.6) is 0 Å². The SMILES string of the molecule is Cc1nn(C)cc1CNC(=O)c1cccc(Cn2nc(C)c(Br)c2C)c1. The third-order valence-electron chi connectivity index (χ3n) is 4.37. The standard InChI is InChI=1S/C19H22BrN5O/c1-12-17(11-24(4)22-12)9-21-19(26)16-7-5-6-15(8-16)10-25-14(3)18(20)13(2)23-25/h5-8,11H,9-10H2,1-4H3,(H,21,26). The summed E-state index contributed by atoms with van der Waals surface area (Å²) in [5, 5.41) is 11.8. The van der Waals surface area contributed by atoms with E-state index in [0.717, 1.165) is 32.7 Å². The van der Waals surface area contributed by atoms with E-state index in [4.69, 9.17) is 0 Å². The highest BCUT2D eigenvalue weighted by atomic mass is 79.9. The summed E-state index contributed by atoms with van der Waals surface area (Å²) < 4.78 is 4.72. The van der Waals surface area contributed by atoms with Gasteiger partial charge in [0.2, 0.25) is 0 Å². The summed E-state index contributed by atoms with van der Waals surface area (Å²) in [6, 6.07) is 7.65. The molecule has 0 aliphatic rings. The van der Waals surface area contributed by atoms with Crippen molar-refractivity contribution < 1.29 is 4.79 Å². The van der Waals surface area contributed by atoms with Gasteiger partial charge in [-0.05, 0) is 54.4 Å². The molecular formula is C19H22BrN5O. The fourth-order valence-corrected chi connectivity index (χ4v) is 3.20. The maximum absolute atomic E-state index is 12.5. The molecule has 3 aromatic rings. The van der Waals surface area contributed by atoms with Gasteiger partial charge >= 0.3 is 0 Å². The normalized spacial score (nSPS) is 11.0. The van der Waals surface area contributed by atoms with Gasteiger partial charge in [-0.25, -0.2) is 0 Å². The number of hydrogen-bond acceptors (Lipinski definition) is 3. The van der Waals surface area contributed by atoms with E-state index in [1.807, 2.05) is 63.0 Å². The summed E-state index contributed by atoms with van der Waals surface area (Å²) in [5.41, 5.74) is 5.66. The van der Waals surface area contributed by atoms with Gasteiger partial charge in [-0.2, -0.15) is 10.2 Å². The first kappa shape index (κ1) is 18.4. The molecule has 7 heteroatoms. The predicted molar refractivity (Wildman–Crippen MR) is 104 cm³/mol. The molecule has 0 saturated carbocycles. The molecule has 3 rings (SSSR count). The maximum atomic E-state index is 12.5. The smallest absolute Gasteiger partial charge is 0.251 e. The number of carbonyl (C=O) groups is 1. The number of aryl methyl sites for hydroxylation is 3. The Bertz CT molecular complexity index is 957. The van der Waals surface area contributed by atoms with Gasteiger partial charge in [0.1, 0.15) is 0 Å². The van der Waals surface area contributed by atoms with Crippen LogP contribution in [0.4, 0.5) is 0 Å². The van der Waals surface area contributed by atoms with E-state index in [2.05, 4.69) is 31.4 Å². The molecule has 6 nitrogen and oxygen atoms in total. The molecule has 1 amide bonds. The Hall–Kier alpha value is -2.41. The number of carbonyl (C=O) groups excluding carboxylic acids is 1. The van der Waals surface area contributed by atoms with Gasteiger partial charge < -0.3 is 5.32 Å². The minimum absolute atomic E-state index is 0.0929. The van der Waals surface area contributed by atoms with Crippen LogP contribution >= 0.6 is 15.9 Å². The highest BCUT2D eigenvalue weighted by Crippen LogP contribution is 2.20. The molecule has 0 radical (unpaired) electrons. The fourth-order valence-electron chi connectivity index (χ4n) is 2.91. The van der Waals surface area contributed by atoms with Crippen LogP contribution in [0.1, 0.15) is 38.6 Å². The molecule has 1 aromatic carbocycles. The van der Waals surface area contributed by atoms with E-state index in [9.17, 15) is 4.79 Å². The van der Waals surface area contributed by atoms with Crippen molar-refractivity contribution in [3.63, 3.8) is 0 Å². The van der Waals surface area contributed by atoms with Crippen molar-refractivity contribution in [3.8, 4) is 0 Å². The van der Waals surface area contributed by atoms with Crippen molar-refractivity contribution in [2.45, 2.75) is 33.9 Å². The van der Waals surface area contributed by atoms with Gasteiger partial charge in [0, 0.05) is 30.9 Å². The second-order valence-electron chi connectivity index (χ2n) is 6.44. The third kappa shape index (κ3) is 3.88. The Morgan fingerprint density at radius 2 is 1.96 bits per heavy atom. The predicted octanol–water partition coefficient (Wildman–Crippen LogP) is 3.28. The molecule has 26 heavy (non-hydrogen) atoms. The van der Waals surface area contributed by atoms with E-state index in [0.29, 0.717) is 18.7 Å². The second-order valence-corrected chi connectivity index (χ2v) is 7.23. The molecule has 0 bridgehead atoms. The zero-order valence-corrected chi connectivity index (χ0v) is 17.0. The lowest BCUT2D eigenvalue weighted by Crippen LogP contribution is -2.23. The molecule has 0 spiro atoms. The minimum Gasteiger partial charge on any atom is -0.348 e. The molecule has 0 aliphatic carbocycles. The number of amides is 1. The van der Waals surface area contributed by atoms with Crippen LogP contribution < -0.4 is 5.32 Å². The molecule has 2 aromatic heterocycles. The maximum Gasteiger partial charge on any atom is 0.251 e.